The largest absolute Gasteiger partial charge is 0.476 e. The predicted octanol–water partition coefficient (Wildman–Crippen LogP) is 2.58. The second kappa shape index (κ2) is 7.22. The number of anilines is 1. The first-order chi connectivity index (χ1) is 13.0. The van der Waals surface area contributed by atoms with Crippen LogP contribution in [-0.2, 0) is 4.74 Å². The van der Waals surface area contributed by atoms with Crippen molar-refractivity contribution in [3.05, 3.63) is 17.8 Å². The first-order valence-electron chi connectivity index (χ1n) is 9.53. The number of aromatic nitrogens is 1. The van der Waals surface area contributed by atoms with Gasteiger partial charge in [0.1, 0.15) is 11.4 Å². The van der Waals surface area contributed by atoms with E-state index in [0.717, 1.165) is 25.7 Å². The number of hydrogen-bond acceptors (Lipinski definition) is 5. The van der Waals surface area contributed by atoms with Gasteiger partial charge in [0.2, 0.25) is 5.88 Å². The molecule has 1 amide bonds. The molecule has 0 aromatic carbocycles. The highest BCUT2D eigenvalue weighted by atomic mass is 19.3. The number of rotatable bonds is 7. The molecular formula is C19H25F2N3O3. The van der Waals surface area contributed by atoms with Gasteiger partial charge in [-0.15, -0.1) is 0 Å². The van der Waals surface area contributed by atoms with Crippen LogP contribution >= 0.6 is 0 Å². The number of carbonyl (C=O) groups is 1. The fourth-order valence-electron chi connectivity index (χ4n) is 3.68. The summed E-state index contributed by atoms with van der Waals surface area (Å²) in [5, 5.41) is 0. The van der Waals surface area contributed by atoms with E-state index in [1.807, 2.05) is 0 Å². The van der Waals surface area contributed by atoms with Crippen molar-refractivity contribution in [2.45, 2.75) is 37.6 Å². The molecule has 1 aliphatic carbocycles. The number of ether oxygens (including phenoxy) is 2. The van der Waals surface area contributed by atoms with Gasteiger partial charge in [0, 0.05) is 13.7 Å². The zero-order chi connectivity index (χ0) is 19.0. The van der Waals surface area contributed by atoms with Gasteiger partial charge in [-0.25, -0.2) is 13.8 Å². The third-order valence-electron chi connectivity index (χ3n) is 5.39. The van der Waals surface area contributed by atoms with Crippen LogP contribution in [-0.4, -0.2) is 67.7 Å². The summed E-state index contributed by atoms with van der Waals surface area (Å²) in [6.45, 7) is 0.996. The van der Waals surface area contributed by atoms with Gasteiger partial charge in [0.15, 0.2) is 0 Å². The molecule has 27 heavy (non-hydrogen) atoms. The van der Waals surface area contributed by atoms with Crippen LogP contribution in [0.2, 0.25) is 0 Å². The molecule has 3 fully saturated rings. The molecule has 8 heteroatoms. The van der Waals surface area contributed by atoms with E-state index in [1.165, 1.54) is 0 Å². The Morgan fingerprint density at radius 1 is 1.26 bits per heavy atom. The van der Waals surface area contributed by atoms with Crippen molar-refractivity contribution in [3.63, 3.8) is 0 Å². The molecule has 1 aromatic rings. The maximum Gasteiger partial charge on any atom is 0.282 e. The third-order valence-corrected chi connectivity index (χ3v) is 5.39. The summed E-state index contributed by atoms with van der Waals surface area (Å²) in [4.78, 5) is 20.7. The van der Waals surface area contributed by atoms with Crippen molar-refractivity contribution < 1.29 is 23.0 Å². The fourth-order valence-corrected chi connectivity index (χ4v) is 3.68. The predicted molar refractivity (Wildman–Crippen MR) is 95.6 cm³/mol. The van der Waals surface area contributed by atoms with E-state index in [1.54, 1.807) is 29.0 Å². The second-order valence-electron chi connectivity index (χ2n) is 7.74. The number of pyridine rings is 1. The Kier molecular flexibility index (Phi) is 4.92. The highest BCUT2D eigenvalue weighted by molar-refractivity contribution is 5.93. The van der Waals surface area contributed by atoms with Gasteiger partial charge in [-0.1, -0.05) is 0 Å². The summed E-state index contributed by atoms with van der Waals surface area (Å²) in [6.07, 6.45) is 4.07. The monoisotopic (exact) mass is 381 g/mol. The van der Waals surface area contributed by atoms with Crippen LogP contribution < -0.4 is 9.64 Å². The van der Waals surface area contributed by atoms with Crippen LogP contribution in [0.25, 0.3) is 0 Å². The van der Waals surface area contributed by atoms with Gasteiger partial charge in [0.05, 0.1) is 32.3 Å². The van der Waals surface area contributed by atoms with Crippen LogP contribution in [0, 0.1) is 5.92 Å². The van der Waals surface area contributed by atoms with E-state index in [2.05, 4.69) is 4.98 Å². The van der Waals surface area contributed by atoms with Gasteiger partial charge in [-0.3, -0.25) is 4.79 Å². The Balaban J connectivity index is 1.54. The Bertz CT molecular complexity index is 703. The molecule has 1 atom stereocenters. The first kappa shape index (κ1) is 18.4. The molecule has 0 radical (unpaired) electrons. The Morgan fingerprint density at radius 3 is 2.70 bits per heavy atom. The molecule has 6 nitrogen and oxygen atoms in total. The topological polar surface area (TPSA) is 54.9 Å². The van der Waals surface area contributed by atoms with Gasteiger partial charge in [0.25, 0.3) is 11.8 Å². The number of hydrogen-bond donors (Lipinski definition) is 0. The van der Waals surface area contributed by atoms with Gasteiger partial charge < -0.3 is 19.3 Å². The number of amides is 1. The number of alkyl halides is 2. The average Bonchev–Trinajstić information content (AvgIpc) is 3.34. The quantitative estimate of drug-likeness (QED) is 0.727. The Labute approximate surface area is 157 Å². The zero-order valence-electron chi connectivity index (χ0n) is 15.5. The van der Waals surface area contributed by atoms with E-state index in [0.29, 0.717) is 37.1 Å². The van der Waals surface area contributed by atoms with E-state index in [-0.39, 0.29) is 30.9 Å². The lowest BCUT2D eigenvalue weighted by Gasteiger charge is -2.40. The van der Waals surface area contributed by atoms with Crippen LogP contribution in [0.1, 0.15) is 36.2 Å². The SMILES string of the molecule is COC[C@H]1CCCN1C(=O)c1ccc(N2CC(F)(F)C2)c(OCC2CC2)n1. The summed E-state index contributed by atoms with van der Waals surface area (Å²) < 4.78 is 37.6. The molecule has 2 aliphatic heterocycles. The molecule has 0 bridgehead atoms. The minimum absolute atomic E-state index is 0.0499. The maximum absolute atomic E-state index is 13.3. The lowest BCUT2D eigenvalue weighted by Crippen LogP contribution is -2.56. The molecule has 2 saturated heterocycles. The average molecular weight is 381 g/mol. The smallest absolute Gasteiger partial charge is 0.282 e. The minimum Gasteiger partial charge on any atom is -0.476 e. The third kappa shape index (κ3) is 4.00. The number of likely N-dealkylation sites (tertiary alicyclic amines) is 1. The molecule has 1 saturated carbocycles. The van der Waals surface area contributed by atoms with E-state index in [9.17, 15) is 13.6 Å². The molecule has 0 N–H and O–H groups in total. The van der Waals surface area contributed by atoms with Crippen molar-refractivity contribution in [2.24, 2.45) is 5.92 Å². The van der Waals surface area contributed by atoms with Crippen molar-refractivity contribution in [2.75, 3.05) is 44.9 Å². The van der Waals surface area contributed by atoms with Crippen LogP contribution in [0.5, 0.6) is 5.88 Å². The molecular weight excluding hydrogens is 356 g/mol. The molecule has 4 rings (SSSR count). The Hall–Kier alpha value is -1.96. The molecule has 0 unspecified atom stereocenters. The number of halogens is 2. The first-order valence-corrected chi connectivity index (χ1v) is 9.53. The summed E-state index contributed by atoms with van der Waals surface area (Å²) in [5.74, 6) is -2.05. The van der Waals surface area contributed by atoms with Crippen molar-refractivity contribution in [1.29, 1.82) is 0 Å². The van der Waals surface area contributed by atoms with Crippen molar-refractivity contribution >= 4 is 11.6 Å². The van der Waals surface area contributed by atoms with Gasteiger partial charge >= 0.3 is 0 Å². The van der Waals surface area contributed by atoms with Crippen LogP contribution in [0.3, 0.4) is 0 Å². The van der Waals surface area contributed by atoms with Gasteiger partial charge in [-0.05, 0) is 43.7 Å². The number of nitrogens with zero attached hydrogens (tertiary/aromatic N) is 3. The van der Waals surface area contributed by atoms with Gasteiger partial charge in [-0.2, -0.15) is 0 Å². The summed E-state index contributed by atoms with van der Waals surface area (Å²) in [6, 6.07) is 3.34. The summed E-state index contributed by atoms with van der Waals surface area (Å²) >= 11 is 0. The van der Waals surface area contributed by atoms with E-state index in [4.69, 9.17) is 9.47 Å². The molecule has 3 aliphatic rings. The molecule has 0 spiro atoms. The number of carbonyl (C=O) groups excluding carboxylic acids is 1. The Morgan fingerprint density at radius 2 is 2.04 bits per heavy atom. The second-order valence-corrected chi connectivity index (χ2v) is 7.74. The minimum atomic E-state index is -2.68. The van der Waals surface area contributed by atoms with Crippen molar-refractivity contribution in [3.8, 4) is 5.88 Å². The normalized spacial score (nSPS) is 24.0. The van der Waals surface area contributed by atoms with Crippen LogP contribution in [0.4, 0.5) is 14.5 Å². The lowest BCUT2D eigenvalue weighted by atomic mass is 10.1. The highest BCUT2D eigenvalue weighted by Gasteiger charge is 2.45. The summed E-state index contributed by atoms with van der Waals surface area (Å²) in [7, 11) is 1.63. The maximum atomic E-state index is 13.3. The zero-order valence-corrected chi connectivity index (χ0v) is 15.5. The molecule has 1 aromatic heterocycles. The lowest BCUT2D eigenvalue weighted by molar-refractivity contribution is -0.0265. The van der Waals surface area contributed by atoms with E-state index >= 15 is 0 Å². The highest BCUT2D eigenvalue weighted by Crippen LogP contribution is 2.38. The fraction of sp³-hybridized carbons (Fsp3) is 0.684. The van der Waals surface area contributed by atoms with E-state index < -0.39 is 5.92 Å². The standard InChI is InChI=1S/C19H25F2N3O3/c1-26-10-14-3-2-8-24(14)18(25)15-6-7-16(23-11-19(20,21)12-23)17(22-15)27-9-13-4-5-13/h6-7,13-14H,2-5,8-12H2,1H3/t14-/m1/s1. The molecule has 148 valence electrons. The van der Waals surface area contributed by atoms with Crippen molar-refractivity contribution in [1.82, 2.24) is 9.88 Å². The summed E-state index contributed by atoms with van der Waals surface area (Å²) in [5.41, 5.74) is 0.827. The molecule has 3 heterocycles. The number of methoxy groups -OCH3 is 1. The van der Waals surface area contributed by atoms with Crippen LogP contribution in [0.15, 0.2) is 12.1 Å².